The maximum Gasteiger partial charge on any atom is 0.0482 e. The largest absolute Gasteiger partial charge is 0.345 e. The first-order valence-corrected chi connectivity index (χ1v) is 5.47. The summed E-state index contributed by atoms with van der Waals surface area (Å²) in [6, 6.07) is 10.7. The van der Waals surface area contributed by atoms with Crippen LogP contribution >= 0.6 is 11.6 Å². The number of aryl methyl sites for hydroxylation is 2. The SMILES string of the molecule is Cc1cc2ccccc2n1CCCCl. The maximum absolute atomic E-state index is 5.71. The molecule has 0 fully saturated rings. The summed E-state index contributed by atoms with van der Waals surface area (Å²) >= 11 is 5.71. The molecular formula is C12H14ClN. The molecule has 2 heteroatoms. The second-order valence-electron chi connectivity index (χ2n) is 3.54. The molecule has 14 heavy (non-hydrogen) atoms. The van der Waals surface area contributed by atoms with Gasteiger partial charge in [-0.15, -0.1) is 11.6 Å². The van der Waals surface area contributed by atoms with Crippen LogP contribution in [0.2, 0.25) is 0 Å². The van der Waals surface area contributed by atoms with Crippen LogP contribution in [0, 0.1) is 6.92 Å². The third kappa shape index (κ3) is 1.64. The normalized spacial score (nSPS) is 11.0. The molecule has 2 rings (SSSR count). The van der Waals surface area contributed by atoms with Gasteiger partial charge in [-0.05, 0) is 30.9 Å². The number of hydrogen-bond donors (Lipinski definition) is 0. The monoisotopic (exact) mass is 207 g/mol. The van der Waals surface area contributed by atoms with E-state index in [2.05, 4.69) is 41.8 Å². The molecule has 1 heterocycles. The topological polar surface area (TPSA) is 4.93 Å². The first-order chi connectivity index (χ1) is 6.83. The van der Waals surface area contributed by atoms with Crippen molar-refractivity contribution in [3.05, 3.63) is 36.0 Å². The molecule has 1 nitrogen and oxygen atoms in total. The highest BCUT2D eigenvalue weighted by atomic mass is 35.5. The number of para-hydroxylation sites is 1. The van der Waals surface area contributed by atoms with Crippen LogP contribution in [0.15, 0.2) is 30.3 Å². The summed E-state index contributed by atoms with van der Waals surface area (Å²) in [5, 5.41) is 1.32. The summed E-state index contributed by atoms with van der Waals surface area (Å²) in [4.78, 5) is 0. The summed E-state index contributed by atoms with van der Waals surface area (Å²) in [5.74, 6) is 0.728. The zero-order valence-electron chi connectivity index (χ0n) is 8.33. The highest BCUT2D eigenvalue weighted by molar-refractivity contribution is 6.17. The van der Waals surface area contributed by atoms with E-state index in [1.54, 1.807) is 0 Å². The number of aromatic nitrogens is 1. The van der Waals surface area contributed by atoms with E-state index in [0.717, 1.165) is 18.8 Å². The molecule has 0 spiro atoms. The van der Waals surface area contributed by atoms with E-state index in [9.17, 15) is 0 Å². The summed E-state index contributed by atoms with van der Waals surface area (Å²) in [6.45, 7) is 3.16. The minimum atomic E-state index is 0.728. The Morgan fingerprint density at radius 3 is 2.86 bits per heavy atom. The Labute approximate surface area is 89.3 Å². The summed E-state index contributed by atoms with van der Waals surface area (Å²) in [5.41, 5.74) is 2.63. The van der Waals surface area contributed by atoms with Crippen molar-refractivity contribution in [2.75, 3.05) is 5.88 Å². The zero-order valence-corrected chi connectivity index (χ0v) is 9.09. The van der Waals surface area contributed by atoms with Gasteiger partial charge in [-0.2, -0.15) is 0 Å². The third-order valence-corrected chi connectivity index (χ3v) is 2.80. The third-order valence-electron chi connectivity index (χ3n) is 2.53. The van der Waals surface area contributed by atoms with E-state index in [-0.39, 0.29) is 0 Å². The Morgan fingerprint density at radius 1 is 1.29 bits per heavy atom. The summed E-state index contributed by atoms with van der Waals surface area (Å²) < 4.78 is 2.33. The van der Waals surface area contributed by atoms with Gasteiger partial charge >= 0.3 is 0 Å². The lowest BCUT2D eigenvalue weighted by atomic mass is 10.2. The van der Waals surface area contributed by atoms with Crippen LogP contribution in [0.5, 0.6) is 0 Å². The highest BCUT2D eigenvalue weighted by Gasteiger charge is 2.03. The number of benzene rings is 1. The standard InChI is InChI=1S/C12H14ClN/c1-10-9-11-5-2-3-6-12(11)14(10)8-4-7-13/h2-3,5-6,9H,4,7-8H2,1H3. The molecule has 0 bridgehead atoms. The van der Waals surface area contributed by atoms with Crippen molar-refractivity contribution in [2.45, 2.75) is 19.9 Å². The van der Waals surface area contributed by atoms with Gasteiger partial charge in [-0.1, -0.05) is 18.2 Å². The van der Waals surface area contributed by atoms with Gasteiger partial charge in [0, 0.05) is 23.6 Å². The molecule has 1 aromatic carbocycles. The summed E-state index contributed by atoms with van der Waals surface area (Å²) in [7, 11) is 0. The van der Waals surface area contributed by atoms with Gasteiger partial charge < -0.3 is 4.57 Å². The Kier molecular flexibility index (Phi) is 2.78. The van der Waals surface area contributed by atoms with E-state index in [4.69, 9.17) is 11.6 Å². The first-order valence-electron chi connectivity index (χ1n) is 4.94. The maximum atomic E-state index is 5.71. The molecule has 0 N–H and O–H groups in total. The first kappa shape index (κ1) is 9.60. The van der Waals surface area contributed by atoms with Crippen molar-refractivity contribution < 1.29 is 0 Å². The van der Waals surface area contributed by atoms with E-state index in [0.29, 0.717) is 0 Å². The lowest BCUT2D eigenvalue weighted by Gasteiger charge is -2.06. The fourth-order valence-corrected chi connectivity index (χ4v) is 1.98. The molecule has 2 aromatic rings. The van der Waals surface area contributed by atoms with Crippen molar-refractivity contribution in [1.29, 1.82) is 0 Å². The predicted molar refractivity (Wildman–Crippen MR) is 62.0 cm³/mol. The van der Waals surface area contributed by atoms with Crippen LogP contribution in [0.1, 0.15) is 12.1 Å². The molecule has 0 unspecified atom stereocenters. The molecule has 74 valence electrons. The smallest absolute Gasteiger partial charge is 0.0482 e. The van der Waals surface area contributed by atoms with E-state index in [1.807, 2.05) is 0 Å². The van der Waals surface area contributed by atoms with Crippen LogP contribution in [0.25, 0.3) is 10.9 Å². The van der Waals surface area contributed by atoms with Crippen molar-refractivity contribution in [1.82, 2.24) is 4.57 Å². The van der Waals surface area contributed by atoms with Gasteiger partial charge in [-0.25, -0.2) is 0 Å². The van der Waals surface area contributed by atoms with Crippen LogP contribution < -0.4 is 0 Å². The molecular weight excluding hydrogens is 194 g/mol. The van der Waals surface area contributed by atoms with Crippen LogP contribution in [0.4, 0.5) is 0 Å². The minimum absolute atomic E-state index is 0.728. The second-order valence-corrected chi connectivity index (χ2v) is 3.92. The number of halogens is 1. The van der Waals surface area contributed by atoms with Gasteiger partial charge in [0.15, 0.2) is 0 Å². The molecule has 0 amide bonds. The van der Waals surface area contributed by atoms with Gasteiger partial charge in [0.2, 0.25) is 0 Å². The summed E-state index contributed by atoms with van der Waals surface area (Å²) in [6.07, 6.45) is 1.03. The zero-order chi connectivity index (χ0) is 9.97. The molecule has 0 saturated heterocycles. The van der Waals surface area contributed by atoms with Crippen molar-refractivity contribution in [3.8, 4) is 0 Å². The molecule has 0 radical (unpaired) electrons. The predicted octanol–water partition coefficient (Wildman–Crippen LogP) is 3.58. The number of nitrogens with zero attached hydrogens (tertiary/aromatic N) is 1. The van der Waals surface area contributed by atoms with E-state index in [1.165, 1.54) is 16.6 Å². The number of alkyl halides is 1. The van der Waals surface area contributed by atoms with Crippen LogP contribution in [-0.4, -0.2) is 10.4 Å². The van der Waals surface area contributed by atoms with Gasteiger partial charge in [0.05, 0.1) is 0 Å². The Balaban J connectivity index is 2.45. The van der Waals surface area contributed by atoms with Crippen molar-refractivity contribution >= 4 is 22.5 Å². The van der Waals surface area contributed by atoms with E-state index < -0.39 is 0 Å². The number of fused-ring (bicyclic) bond motifs is 1. The van der Waals surface area contributed by atoms with Gasteiger partial charge in [0.1, 0.15) is 0 Å². The lowest BCUT2D eigenvalue weighted by Crippen LogP contribution is -1.99. The molecule has 0 aliphatic rings. The van der Waals surface area contributed by atoms with E-state index >= 15 is 0 Å². The van der Waals surface area contributed by atoms with Crippen LogP contribution in [0.3, 0.4) is 0 Å². The Hall–Kier alpha value is -0.950. The van der Waals surface area contributed by atoms with Crippen LogP contribution in [-0.2, 0) is 6.54 Å². The molecule has 0 aliphatic heterocycles. The molecule has 1 aromatic heterocycles. The number of hydrogen-bond acceptors (Lipinski definition) is 0. The average Bonchev–Trinajstić information content (AvgIpc) is 2.51. The molecule has 0 saturated carbocycles. The van der Waals surface area contributed by atoms with Gasteiger partial charge in [-0.3, -0.25) is 0 Å². The number of rotatable bonds is 3. The molecule has 0 aliphatic carbocycles. The average molecular weight is 208 g/mol. The van der Waals surface area contributed by atoms with Crippen molar-refractivity contribution in [2.24, 2.45) is 0 Å². The second kappa shape index (κ2) is 4.05. The Bertz CT molecular complexity index is 431. The molecule has 0 atom stereocenters. The van der Waals surface area contributed by atoms with Crippen molar-refractivity contribution in [3.63, 3.8) is 0 Å². The van der Waals surface area contributed by atoms with Gasteiger partial charge in [0.25, 0.3) is 0 Å². The Morgan fingerprint density at radius 2 is 2.07 bits per heavy atom. The quantitative estimate of drug-likeness (QED) is 0.678. The fourth-order valence-electron chi connectivity index (χ4n) is 1.86. The lowest BCUT2D eigenvalue weighted by molar-refractivity contribution is 0.689. The highest BCUT2D eigenvalue weighted by Crippen LogP contribution is 2.19. The minimum Gasteiger partial charge on any atom is -0.345 e. The fraction of sp³-hybridized carbons (Fsp3) is 0.333.